The normalized spacial score (nSPS) is 52.0. The Morgan fingerprint density at radius 3 is 1.78 bits per heavy atom. The number of rotatable bonds is 0. The van der Waals surface area contributed by atoms with Gasteiger partial charge in [0, 0.05) is 0 Å². The van der Waals surface area contributed by atoms with Crippen LogP contribution in [0.25, 0.3) is 0 Å². The largest absolute Gasteiger partial charge is 0.387 e. The molecule has 0 saturated carbocycles. The summed E-state index contributed by atoms with van der Waals surface area (Å²) in [6, 6.07) is 0. The fraction of sp³-hybridized carbons (Fsp3) is 1.00. The van der Waals surface area contributed by atoms with Crippen molar-refractivity contribution in [3.05, 3.63) is 0 Å². The highest BCUT2D eigenvalue weighted by molar-refractivity contribution is 14.1. The molecule has 0 aliphatic carbocycles. The molecule has 9 heavy (non-hydrogen) atoms. The Morgan fingerprint density at radius 1 is 1.11 bits per heavy atom. The Morgan fingerprint density at radius 2 is 1.67 bits per heavy atom. The molecule has 0 radical (unpaired) electrons. The molecule has 0 aromatic heterocycles. The van der Waals surface area contributed by atoms with E-state index in [1.165, 1.54) is 0 Å². The lowest BCUT2D eigenvalue weighted by molar-refractivity contribution is -0.113. The molecular formula is C4H7IO4. The van der Waals surface area contributed by atoms with Gasteiger partial charge in [-0.15, -0.1) is 0 Å². The van der Waals surface area contributed by atoms with E-state index < -0.39 is 22.6 Å². The van der Waals surface area contributed by atoms with E-state index in [1.54, 1.807) is 22.6 Å². The van der Waals surface area contributed by atoms with Crippen molar-refractivity contribution in [2.24, 2.45) is 0 Å². The molecule has 1 fully saturated rings. The zero-order chi connectivity index (χ0) is 7.02. The van der Waals surface area contributed by atoms with Crippen LogP contribution in [0.2, 0.25) is 0 Å². The first kappa shape index (κ1) is 7.67. The first-order chi connectivity index (χ1) is 4.13. The van der Waals surface area contributed by atoms with Crippen LogP contribution in [0.15, 0.2) is 0 Å². The van der Waals surface area contributed by atoms with Crippen LogP contribution in [0, 0.1) is 0 Å². The van der Waals surface area contributed by atoms with Gasteiger partial charge in [-0.25, -0.2) is 0 Å². The van der Waals surface area contributed by atoms with Gasteiger partial charge in [-0.1, -0.05) is 0 Å². The van der Waals surface area contributed by atoms with E-state index in [0.29, 0.717) is 0 Å². The maximum absolute atomic E-state index is 8.89. The van der Waals surface area contributed by atoms with Crippen LogP contribution in [0.5, 0.6) is 0 Å². The molecule has 1 saturated heterocycles. The quantitative estimate of drug-likeness (QED) is 0.371. The maximum atomic E-state index is 8.89. The second-order valence-corrected chi connectivity index (χ2v) is 3.09. The molecule has 1 aliphatic heterocycles. The molecule has 0 aromatic rings. The molecule has 0 amide bonds. The summed E-state index contributed by atoms with van der Waals surface area (Å²) in [6.45, 7) is 0. The van der Waals surface area contributed by atoms with Gasteiger partial charge in [0.25, 0.3) is 0 Å². The lowest BCUT2D eigenvalue weighted by atomic mass is 10.2. The number of alkyl halides is 1. The molecule has 1 rings (SSSR count). The summed E-state index contributed by atoms with van der Waals surface area (Å²) in [6.07, 6.45) is -3.37. The van der Waals surface area contributed by atoms with Gasteiger partial charge in [-0.3, -0.25) is 0 Å². The van der Waals surface area contributed by atoms with Crippen LogP contribution in [0.3, 0.4) is 0 Å². The van der Waals surface area contributed by atoms with Crippen LogP contribution in [-0.2, 0) is 4.74 Å². The van der Waals surface area contributed by atoms with E-state index in [0.717, 1.165) is 0 Å². The number of hydrogen-bond acceptors (Lipinski definition) is 4. The fourth-order valence-electron chi connectivity index (χ4n) is 0.618. The Bertz CT molecular complexity index is 96.7. The van der Waals surface area contributed by atoms with E-state index in [2.05, 4.69) is 4.74 Å². The highest BCUT2D eigenvalue weighted by atomic mass is 127. The molecule has 4 nitrogen and oxygen atoms in total. The van der Waals surface area contributed by atoms with Crippen LogP contribution in [0.4, 0.5) is 0 Å². The molecule has 1 heterocycles. The van der Waals surface area contributed by atoms with Gasteiger partial charge in [0.05, 0.1) is 0 Å². The van der Waals surface area contributed by atoms with Crippen LogP contribution in [-0.4, -0.2) is 37.9 Å². The monoisotopic (exact) mass is 246 g/mol. The first-order valence-electron chi connectivity index (χ1n) is 2.46. The SMILES string of the molecule is OC1O[C@H](I)[C@H](O)[C@H]1O. The van der Waals surface area contributed by atoms with Crippen molar-refractivity contribution in [3.63, 3.8) is 0 Å². The average Bonchev–Trinajstić information content (AvgIpc) is 1.98. The van der Waals surface area contributed by atoms with E-state index in [4.69, 9.17) is 15.3 Å². The molecule has 4 atom stereocenters. The third-order valence-corrected chi connectivity index (χ3v) is 2.21. The minimum Gasteiger partial charge on any atom is -0.387 e. The van der Waals surface area contributed by atoms with Gasteiger partial charge in [0.1, 0.15) is 16.3 Å². The van der Waals surface area contributed by atoms with Crippen LogP contribution < -0.4 is 0 Å². The number of hydrogen-bond donors (Lipinski definition) is 3. The number of halogens is 1. The van der Waals surface area contributed by atoms with Crippen LogP contribution in [0.1, 0.15) is 0 Å². The number of aliphatic hydroxyl groups is 3. The van der Waals surface area contributed by atoms with E-state index in [-0.39, 0.29) is 0 Å². The van der Waals surface area contributed by atoms with Gasteiger partial charge in [0.15, 0.2) is 6.29 Å². The molecule has 0 bridgehead atoms. The second kappa shape index (κ2) is 2.67. The van der Waals surface area contributed by atoms with Gasteiger partial charge in [0.2, 0.25) is 0 Å². The van der Waals surface area contributed by atoms with Crippen molar-refractivity contribution in [1.29, 1.82) is 0 Å². The Labute approximate surface area is 65.6 Å². The topological polar surface area (TPSA) is 69.9 Å². The van der Waals surface area contributed by atoms with Crippen molar-refractivity contribution in [2.75, 3.05) is 0 Å². The predicted octanol–water partition coefficient (Wildman–Crippen LogP) is -1.18. The molecular weight excluding hydrogens is 239 g/mol. The summed E-state index contributed by atoms with van der Waals surface area (Å²) in [5.41, 5.74) is 0. The predicted molar refractivity (Wildman–Crippen MR) is 36.9 cm³/mol. The third-order valence-electron chi connectivity index (χ3n) is 1.18. The van der Waals surface area contributed by atoms with Gasteiger partial charge >= 0.3 is 0 Å². The molecule has 5 heteroatoms. The third kappa shape index (κ3) is 1.35. The Hall–Kier alpha value is 0.570. The van der Waals surface area contributed by atoms with Crippen molar-refractivity contribution in [1.82, 2.24) is 0 Å². The minimum absolute atomic E-state index is 0.507. The standard InChI is InChI=1S/C4H7IO4/c5-3-1(6)2(7)4(8)9-3/h1-4,6-8H/t1-,2-,3+,4?/m1/s1. The van der Waals surface area contributed by atoms with E-state index in [1.807, 2.05) is 0 Å². The Balaban J connectivity index is 2.54. The fourth-order valence-corrected chi connectivity index (χ4v) is 1.34. The summed E-state index contributed by atoms with van der Waals surface area (Å²) in [5.74, 6) is 0. The zero-order valence-electron chi connectivity index (χ0n) is 4.44. The number of ether oxygens (including phenoxy) is 1. The molecule has 0 aromatic carbocycles. The maximum Gasteiger partial charge on any atom is 0.185 e. The molecule has 1 aliphatic rings. The summed E-state index contributed by atoms with van der Waals surface area (Å²) < 4.78 is 4.12. The molecule has 1 unspecified atom stereocenters. The lowest BCUT2D eigenvalue weighted by Gasteiger charge is -2.06. The molecule has 54 valence electrons. The summed E-state index contributed by atoms with van der Waals surface area (Å²) >= 11 is 1.80. The van der Waals surface area contributed by atoms with Crippen molar-refractivity contribution in [2.45, 2.75) is 22.6 Å². The average molecular weight is 246 g/mol. The highest BCUT2D eigenvalue weighted by Gasteiger charge is 2.39. The van der Waals surface area contributed by atoms with Crippen molar-refractivity contribution >= 4 is 22.6 Å². The lowest BCUT2D eigenvalue weighted by Crippen LogP contribution is -2.30. The van der Waals surface area contributed by atoms with Crippen molar-refractivity contribution in [3.8, 4) is 0 Å². The molecule has 0 spiro atoms. The first-order valence-corrected chi connectivity index (χ1v) is 3.71. The highest BCUT2D eigenvalue weighted by Crippen LogP contribution is 2.23. The van der Waals surface area contributed by atoms with Crippen molar-refractivity contribution < 1.29 is 20.1 Å². The smallest absolute Gasteiger partial charge is 0.185 e. The van der Waals surface area contributed by atoms with Gasteiger partial charge in [-0.05, 0) is 22.6 Å². The van der Waals surface area contributed by atoms with E-state index in [9.17, 15) is 0 Å². The second-order valence-electron chi connectivity index (χ2n) is 1.86. The Kier molecular flexibility index (Phi) is 2.27. The van der Waals surface area contributed by atoms with Gasteiger partial charge in [-0.2, -0.15) is 0 Å². The zero-order valence-corrected chi connectivity index (χ0v) is 6.59. The van der Waals surface area contributed by atoms with E-state index >= 15 is 0 Å². The van der Waals surface area contributed by atoms with Crippen LogP contribution >= 0.6 is 22.6 Å². The summed E-state index contributed by atoms with van der Waals surface area (Å²) in [7, 11) is 0. The molecule has 3 N–H and O–H groups in total. The summed E-state index contributed by atoms with van der Waals surface area (Å²) in [5, 5.41) is 26.4. The number of aliphatic hydroxyl groups excluding tert-OH is 3. The minimum atomic E-state index is -1.23. The summed E-state index contributed by atoms with van der Waals surface area (Å²) in [4.78, 5) is 0. The van der Waals surface area contributed by atoms with Gasteiger partial charge < -0.3 is 20.1 Å².